The van der Waals surface area contributed by atoms with Gasteiger partial charge in [-0.2, -0.15) is 0 Å². The predicted octanol–water partition coefficient (Wildman–Crippen LogP) is 3.10. The van der Waals surface area contributed by atoms with Crippen LogP contribution in [0.4, 0.5) is 4.39 Å². The molecule has 27 heavy (non-hydrogen) atoms. The highest BCUT2D eigenvalue weighted by molar-refractivity contribution is 9.10. The van der Waals surface area contributed by atoms with Crippen LogP contribution in [0.2, 0.25) is 0 Å². The lowest BCUT2D eigenvalue weighted by Gasteiger charge is -2.36. The Bertz CT molecular complexity index is 802. The Morgan fingerprint density at radius 2 is 2.00 bits per heavy atom. The summed E-state index contributed by atoms with van der Waals surface area (Å²) in [5.74, 6) is 0.705. The number of rotatable bonds is 4. The fraction of sp³-hybridized carbons (Fsp3) is 0.368. The number of furan rings is 1. The van der Waals surface area contributed by atoms with Crippen molar-refractivity contribution in [3.05, 3.63) is 58.2 Å². The Balaban J connectivity index is 1.63. The first kappa shape index (κ1) is 19.4. The first-order valence-corrected chi connectivity index (χ1v) is 9.67. The van der Waals surface area contributed by atoms with Gasteiger partial charge in [0.25, 0.3) is 5.91 Å². The van der Waals surface area contributed by atoms with Gasteiger partial charge in [-0.1, -0.05) is 22.0 Å². The lowest BCUT2D eigenvalue weighted by Crippen LogP contribution is -2.53. The fourth-order valence-electron chi connectivity index (χ4n) is 2.91. The molecule has 0 saturated carbocycles. The maximum Gasteiger partial charge on any atom is 0.289 e. The largest absolute Gasteiger partial charge is 0.459 e. The topological polar surface area (TPSA) is 61.1 Å². The number of hydrogen-bond acceptors (Lipinski definition) is 3. The Hall–Kier alpha value is -2.35. The summed E-state index contributed by atoms with van der Waals surface area (Å²) in [5.41, 5.74) is 0.542. The van der Waals surface area contributed by atoms with E-state index >= 15 is 0 Å². The summed E-state index contributed by atoms with van der Waals surface area (Å²) >= 11 is 3.26. The van der Waals surface area contributed by atoms with Crippen LogP contribution >= 0.6 is 15.9 Å². The van der Waals surface area contributed by atoms with E-state index in [9.17, 15) is 9.18 Å². The van der Waals surface area contributed by atoms with Gasteiger partial charge in [-0.15, -0.1) is 0 Å². The summed E-state index contributed by atoms with van der Waals surface area (Å²) in [6.07, 6.45) is 1.50. The zero-order valence-corrected chi connectivity index (χ0v) is 16.7. The van der Waals surface area contributed by atoms with Gasteiger partial charge < -0.3 is 19.5 Å². The highest BCUT2D eigenvalue weighted by Gasteiger charge is 2.25. The third-order valence-corrected chi connectivity index (χ3v) is 4.84. The Kier molecular flexibility index (Phi) is 6.49. The molecule has 1 saturated heterocycles. The van der Waals surface area contributed by atoms with Gasteiger partial charge in [-0.05, 0) is 31.2 Å². The van der Waals surface area contributed by atoms with E-state index in [-0.39, 0.29) is 18.3 Å². The maximum absolute atomic E-state index is 14.0. The summed E-state index contributed by atoms with van der Waals surface area (Å²) in [7, 11) is 0. The molecule has 0 spiro atoms. The minimum atomic E-state index is -0.280. The van der Waals surface area contributed by atoms with Crippen molar-refractivity contribution in [1.82, 2.24) is 15.1 Å². The van der Waals surface area contributed by atoms with Crippen LogP contribution in [0.25, 0.3) is 0 Å². The number of carbonyl (C=O) groups excluding carboxylic acids is 1. The Morgan fingerprint density at radius 1 is 1.26 bits per heavy atom. The van der Waals surface area contributed by atoms with E-state index in [0.29, 0.717) is 48.5 Å². The van der Waals surface area contributed by atoms with Crippen molar-refractivity contribution in [1.29, 1.82) is 0 Å². The molecule has 6 nitrogen and oxygen atoms in total. The second kappa shape index (κ2) is 9.03. The van der Waals surface area contributed by atoms with Crippen LogP contribution in [0.5, 0.6) is 0 Å². The Labute approximate surface area is 166 Å². The number of nitrogens with one attached hydrogen (secondary N) is 1. The second-order valence-corrected chi connectivity index (χ2v) is 7.08. The highest BCUT2D eigenvalue weighted by atomic mass is 79.9. The van der Waals surface area contributed by atoms with Crippen LogP contribution in [-0.2, 0) is 6.54 Å². The smallest absolute Gasteiger partial charge is 0.289 e. The van der Waals surface area contributed by atoms with E-state index in [0.717, 1.165) is 5.96 Å². The number of guanidine groups is 1. The molecule has 0 unspecified atom stereocenters. The van der Waals surface area contributed by atoms with E-state index in [1.165, 1.54) is 12.3 Å². The van der Waals surface area contributed by atoms with E-state index in [1.807, 2.05) is 6.92 Å². The van der Waals surface area contributed by atoms with E-state index < -0.39 is 0 Å². The van der Waals surface area contributed by atoms with Crippen LogP contribution < -0.4 is 5.32 Å². The van der Waals surface area contributed by atoms with Crippen molar-refractivity contribution in [2.45, 2.75) is 13.5 Å². The number of nitrogens with zero attached hydrogens (tertiary/aromatic N) is 3. The average Bonchev–Trinajstić information content (AvgIpc) is 3.21. The van der Waals surface area contributed by atoms with Crippen LogP contribution in [0, 0.1) is 5.82 Å². The standard InChI is InChI=1S/C19H22BrFN4O2/c1-2-22-19(23-13-14-5-6-15(20)12-16(14)21)25-9-7-24(8-10-25)18(26)17-4-3-11-27-17/h3-6,11-12H,2,7-10,13H2,1H3,(H,22,23). The number of piperazine rings is 1. The highest BCUT2D eigenvalue weighted by Crippen LogP contribution is 2.16. The van der Waals surface area contributed by atoms with Crippen LogP contribution in [0.1, 0.15) is 23.0 Å². The van der Waals surface area contributed by atoms with Gasteiger partial charge >= 0.3 is 0 Å². The first-order valence-electron chi connectivity index (χ1n) is 8.88. The van der Waals surface area contributed by atoms with Crippen molar-refractivity contribution in [2.24, 2.45) is 4.99 Å². The van der Waals surface area contributed by atoms with Gasteiger partial charge in [0.05, 0.1) is 12.8 Å². The lowest BCUT2D eigenvalue weighted by molar-refractivity contribution is 0.0657. The average molecular weight is 437 g/mol. The molecule has 1 N–H and O–H groups in total. The molecule has 1 aromatic heterocycles. The molecule has 2 aromatic rings. The summed E-state index contributed by atoms with van der Waals surface area (Å²) in [4.78, 5) is 20.8. The number of hydrogen-bond donors (Lipinski definition) is 1. The molecule has 2 heterocycles. The zero-order chi connectivity index (χ0) is 19.2. The van der Waals surface area contributed by atoms with Crippen LogP contribution in [-0.4, -0.2) is 54.4 Å². The molecule has 0 atom stereocenters. The molecule has 0 bridgehead atoms. The monoisotopic (exact) mass is 436 g/mol. The first-order chi connectivity index (χ1) is 13.1. The molecule has 0 aliphatic carbocycles. The summed E-state index contributed by atoms with van der Waals surface area (Å²) in [6, 6.07) is 8.36. The fourth-order valence-corrected chi connectivity index (χ4v) is 3.25. The minimum Gasteiger partial charge on any atom is -0.459 e. The van der Waals surface area contributed by atoms with E-state index in [2.05, 4.69) is 31.1 Å². The molecule has 1 aliphatic rings. The van der Waals surface area contributed by atoms with Gasteiger partial charge in [0.15, 0.2) is 11.7 Å². The molecule has 1 fully saturated rings. The molecular formula is C19H22BrFN4O2. The summed E-state index contributed by atoms with van der Waals surface area (Å²) in [6.45, 7) is 5.43. The molecule has 3 rings (SSSR count). The minimum absolute atomic E-state index is 0.0986. The summed E-state index contributed by atoms with van der Waals surface area (Å²) < 4.78 is 19.9. The van der Waals surface area contributed by atoms with Gasteiger partial charge in [0.2, 0.25) is 0 Å². The van der Waals surface area contributed by atoms with Gasteiger partial charge in [-0.25, -0.2) is 9.38 Å². The van der Waals surface area contributed by atoms with Crippen molar-refractivity contribution in [3.8, 4) is 0 Å². The van der Waals surface area contributed by atoms with Crippen molar-refractivity contribution in [3.63, 3.8) is 0 Å². The van der Waals surface area contributed by atoms with Crippen LogP contribution in [0.15, 0.2) is 50.5 Å². The van der Waals surface area contributed by atoms with E-state index in [4.69, 9.17) is 4.42 Å². The number of amides is 1. The van der Waals surface area contributed by atoms with E-state index in [1.54, 1.807) is 29.2 Å². The normalized spacial score (nSPS) is 15.1. The van der Waals surface area contributed by atoms with Crippen molar-refractivity contribution in [2.75, 3.05) is 32.7 Å². The third-order valence-electron chi connectivity index (χ3n) is 4.35. The third kappa shape index (κ3) is 4.88. The molecule has 1 amide bonds. The number of halogens is 2. The Morgan fingerprint density at radius 3 is 2.63 bits per heavy atom. The SMILES string of the molecule is CCNC(=NCc1ccc(Br)cc1F)N1CCN(C(=O)c2ccco2)CC1. The molecule has 0 radical (unpaired) electrons. The number of carbonyl (C=O) groups is 1. The summed E-state index contributed by atoms with van der Waals surface area (Å²) in [5, 5.41) is 3.25. The molecular weight excluding hydrogens is 415 g/mol. The molecule has 1 aromatic carbocycles. The predicted molar refractivity (Wildman–Crippen MR) is 105 cm³/mol. The van der Waals surface area contributed by atoms with Gasteiger partial charge in [-0.3, -0.25) is 4.79 Å². The maximum atomic E-state index is 14.0. The quantitative estimate of drug-likeness (QED) is 0.590. The van der Waals surface area contributed by atoms with Gasteiger partial charge in [0, 0.05) is 42.8 Å². The zero-order valence-electron chi connectivity index (χ0n) is 15.1. The molecule has 1 aliphatic heterocycles. The lowest BCUT2D eigenvalue weighted by atomic mass is 10.2. The van der Waals surface area contributed by atoms with Crippen molar-refractivity contribution < 1.29 is 13.6 Å². The second-order valence-electron chi connectivity index (χ2n) is 6.16. The number of benzene rings is 1. The van der Waals surface area contributed by atoms with Crippen molar-refractivity contribution >= 4 is 27.8 Å². The van der Waals surface area contributed by atoms with Gasteiger partial charge in [0.1, 0.15) is 5.82 Å². The molecule has 8 heteroatoms. The van der Waals surface area contributed by atoms with Crippen LogP contribution in [0.3, 0.4) is 0 Å². The number of aliphatic imine (C=N–C) groups is 1. The molecule has 144 valence electrons.